The van der Waals surface area contributed by atoms with Crippen LogP contribution in [0.3, 0.4) is 0 Å². The number of carbonyl (C=O) groups is 1. The maximum Gasteiger partial charge on any atom is 0.264 e. The summed E-state index contributed by atoms with van der Waals surface area (Å²) in [6.45, 7) is 5.98. The molecule has 3 aromatic carbocycles. The Morgan fingerprint density at radius 2 is 1.55 bits per heavy atom. The van der Waals surface area contributed by atoms with E-state index in [2.05, 4.69) is 5.32 Å². The van der Waals surface area contributed by atoms with E-state index in [0.717, 1.165) is 40.3 Å². The number of sulfonamides is 2. The van der Waals surface area contributed by atoms with Gasteiger partial charge in [-0.2, -0.15) is 4.31 Å². The minimum absolute atomic E-state index is 0.0482. The van der Waals surface area contributed by atoms with E-state index in [1.807, 2.05) is 20.8 Å². The number of amides is 1. The van der Waals surface area contributed by atoms with Gasteiger partial charge in [0.2, 0.25) is 15.9 Å². The first kappa shape index (κ1) is 29.6. The lowest BCUT2D eigenvalue weighted by atomic mass is 10.1. The topological polar surface area (TPSA) is 113 Å². The highest BCUT2D eigenvalue weighted by molar-refractivity contribution is 7.92. The monoisotopic (exact) mass is 585 g/mol. The summed E-state index contributed by atoms with van der Waals surface area (Å²) in [7, 11) is -6.56. The predicted octanol–water partition coefficient (Wildman–Crippen LogP) is 4.63. The largest absolute Gasteiger partial charge is 0.495 e. The highest BCUT2D eigenvalue weighted by atomic mass is 32.2. The molecule has 4 rings (SSSR count). The average molecular weight is 586 g/mol. The van der Waals surface area contributed by atoms with Gasteiger partial charge < -0.3 is 10.1 Å². The molecule has 1 saturated heterocycles. The summed E-state index contributed by atoms with van der Waals surface area (Å²) < 4.78 is 62.0. The number of piperidine rings is 1. The molecular formula is C29H35N3O6S2. The van der Waals surface area contributed by atoms with E-state index < -0.39 is 32.5 Å². The van der Waals surface area contributed by atoms with Crippen molar-refractivity contribution in [3.8, 4) is 5.75 Å². The Morgan fingerprint density at radius 3 is 2.17 bits per heavy atom. The van der Waals surface area contributed by atoms with Crippen molar-refractivity contribution in [3.63, 3.8) is 0 Å². The number of carbonyl (C=O) groups excluding carboxylic acids is 1. The summed E-state index contributed by atoms with van der Waals surface area (Å²) in [5.41, 5.74) is 3.34. The summed E-state index contributed by atoms with van der Waals surface area (Å²) in [6, 6.07) is 16.0. The highest BCUT2D eigenvalue weighted by Gasteiger charge is 2.30. The van der Waals surface area contributed by atoms with Crippen molar-refractivity contribution in [1.29, 1.82) is 0 Å². The molecule has 9 nitrogen and oxygen atoms in total. The number of hydrogen-bond donors (Lipinski definition) is 1. The molecule has 11 heteroatoms. The molecule has 1 N–H and O–H groups in total. The number of nitrogens with zero attached hydrogens (tertiary/aromatic N) is 2. The van der Waals surface area contributed by atoms with E-state index in [1.165, 1.54) is 41.7 Å². The lowest BCUT2D eigenvalue weighted by molar-refractivity contribution is -0.114. The standard InChI is InChI=1S/C29H35N3O6S2/c1-21-8-13-26(14-9-21)39(34,35)32(25-12-10-22(2)23(3)18-25)20-29(33)30-24-11-15-27(38-4)28(19-24)40(36,37)31-16-6-5-7-17-31/h8-15,18-19H,5-7,16-17,20H2,1-4H3,(H,30,33). The van der Waals surface area contributed by atoms with Crippen LogP contribution in [0.2, 0.25) is 0 Å². The number of ether oxygens (including phenoxy) is 1. The number of anilines is 2. The maximum absolute atomic E-state index is 13.7. The van der Waals surface area contributed by atoms with E-state index >= 15 is 0 Å². The fraction of sp³-hybridized carbons (Fsp3) is 0.345. The van der Waals surface area contributed by atoms with Crippen LogP contribution < -0.4 is 14.4 Å². The minimum atomic E-state index is -4.09. The molecule has 0 aromatic heterocycles. The zero-order chi connectivity index (χ0) is 29.1. The summed E-state index contributed by atoms with van der Waals surface area (Å²) in [4.78, 5) is 13.3. The van der Waals surface area contributed by atoms with Crippen molar-refractivity contribution >= 4 is 37.3 Å². The van der Waals surface area contributed by atoms with Gasteiger partial charge in [-0.3, -0.25) is 9.10 Å². The van der Waals surface area contributed by atoms with Gasteiger partial charge in [0.1, 0.15) is 17.2 Å². The van der Waals surface area contributed by atoms with Gasteiger partial charge in [0.15, 0.2) is 0 Å². The zero-order valence-electron chi connectivity index (χ0n) is 23.2. The molecule has 0 unspecified atom stereocenters. The average Bonchev–Trinajstić information content (AvgIpc) is 2.94. The molecule has 0 bridgehead atoms. The maximum atomic E-state index is 13.7. The Hall–Kier alpha value is -3.41. The smallest absolute Gasteiger partial charge is 0.264 e. The molecule has 1 heterocycles. The molecule has 0 spiro atoms. The van der Waals surface area contributed by atoms with E-state index in [9.17, 15) is 21.6 Å². The van der Waals surface area contributed by atoms with Crippen LogP contribution in [0.1, 0.15) is 36.0 Å². The van der Waals surface area contributed by atoms with E-state index in [0.29, 0.717) is 18.8 Å². The summed E-state index contributed by atoms with van der Waals surface area (Å²) in [5.74, 6) is -0.456. The molecule has 1 amide bonds. The van der Waals surface area contributed by atoms with Crippen molar-refractivity contribution in [2.75, 3.05) is 36.4 Å². The van der Waals surface area contributed by atoms with Gasteiger partial charge in [0.25, 0.3) is 10.0 Å². The molecule has 1 fully saturated rings. The molecule has 0 saturated carbocycles. The van der Waals surface area contributed by atoms with Gasteiger partial charge in [0.05, 0.1) is 17.7 Å². The minimum Gasteiger partial charge on any atom is -0.495 e. The second-order valence-corrected chi connectivity index (χ2v) is 13.7. The SMILES string of the molecule is COc1ccc(NC(=O)CN(c2ccc(C)c(C)c2)S(=O)(=O)c2ccc(C)cc2)cc1S(=O)(=O)N1CCCCC1. The van der Waals surface area contributed by atoms with Crippen molar-refractivity contribution in [1.82, 2.24) is 4.31 Å². The van der Waals surface area contributed by atoms with Crippen LogP contribution >= 0.6 is 0 Å². The molecular weight excluding hydrogens is 550 g/mol. The molecule has 40 heavy (non-hydrogen) atoms. The number of methoxy groups -OCH3 is 1. The van der Waals surface area contributed by atoms with E-state index in [4.69, 9.17) is 4.74 Å². The van der Waals surface area contributed by atoms with Gasteiger partial charge in [-0.05, 0) is 87.2 Å². The Bertz CT molecular complexity index is 1600. The third-order valence-electron chi connectivity index (χ3n) is 7.05. The zero-order valence-corrected chi connectivity index (χ0v) is 24.8. The van der Waals surface area contributed by atoms with E-state index in [-0.39, 0.29) is 21.2 Å². The third kappa shape index (κ3) is 6.32. The lowest BCUT2D eigenvalue weighted by Crippen LogP contribution is -2.38. The van der Waals surface area contributed by atoms with Crippen molar-refractivity contribution < 1.29 is 26.4 Å². The van der Waals surface area contributed by atoms with Crippen LogP contribution in [0.4, 0.5) is 11.4 Å². The summed E-state index contributed by atoms with van der Waals surface area (Å²) >= 11 is 0. The van der Waals surface area contributed by atoms with Crippen LogP contribution in [0.25, 0.3) is 0 Å². The van der Waals surface area contributed by atoms with Crippen molar-refractivity contribution in [2.45, 2.75) is 49.8 Å². The van der Waals surface area contributed by atoms with Gasteiger partial charge in [-0.1, -0.05) is 30.2 Å². The van der Waals surface area contributed by atoms with Crippen molar-refractivity contribution in [2.24, 2.45) is 0 Å². The van der Waals surface area contributed by atoms with Crippen LogP contribution in [0.15, 0.2) is 70.5 Å². The van der Waals surface area contributed by atoms with Crippen LogP contribution in [0, 0.1) is 20.8 Å². The molecule has 0 radical (unpaired) electrons. The number of rotatable bonds is 9. The van der Waals surface area contributed by atoms with Gasteiger partial charge in [-0.25, -0.2) is 16.8 Å². The predicted molar refractivity (Wildman–Crippen MR) is 156 cm³/mol. The summed E-state index contributed by atoms with van der Waals surface area (Å²) in [5, 5.41) is 2.68. The highest BCUT2D eigenvalue weighted by Crippen LogP contribution is 2.32. The Kier molecular flexibility index (Phi) is 8.86. The fourth-order valence-electron chi connectivity index (χ4n) is 4.56. The van der Waals surface area contributed by atoms with Gasteiger partial charge in [-0.15, -0.1) is 0 Å². The second-order valence-electron chi connectivity index (χ2n) is 9.97. The van der Waals surface area contributed by atoms with Gasteiger partial charge in [0, 0.05) is 18.8 Å². The van der Waals surface area contributed by atoms with Crippen LogP contribution in [-0.2, 0) is 24.8 Å². The van der Waals surface area contributed by atoms with Crippen LogP contribution in [0.5, 0.6) is 5.75 Å². The molecule has 214 valence electrons. The number of nitrogens with one attached hydrogen (secondary N) is 1. The molecule has 0 aliphatic carbocycles. The molecule has 0 atom stereocenters. The van der Waals surface area contributed by atoms with Crippen molar-refractivity contribution in [3.05, 3.63) is 77.4 Å². The Morgan fingerprint density at radius 1 is 0.875 bits per heavy atom. The molecule has 1 aliphatic heterocycles. The Balaban J connectivity index is 1.65. The number of aryl methyl sites for hydroxylation is 3. The number of hydrogen-bond acceptors (Lipinski definition) is 6. The lowest BCUT2D eigenvalue weighted by Gasteiger charge is -2.27. The van der Waals surface area contributed by atoms with Crippen LogP contribution in [-0.4, -0.2) is 53.8 Å². The first-order chi connectivity index (χ1) is 18.9. The normalized spacial score (nSPS) is 14.5. The Labute approximate surface area is 236 Å². The first-order valence-electron chi connectivity index (χ1n) is 13.1. The third-order valence-corrected chi connectivity index (χ3v) is 10.8. The quantitative estimate of drug-likeness (QED) is 0.392. The molecule has 3 aromatic rings. The molecule has 1 aliphatic rings. The fourth-order valence-corrected chi connectivity index (χ4v) is 7.68. The van der Waals surface area contributed by atoms with Gasteiger partial charge >= 0.3 is 0 Å². The van der Waals surface area contributed by atoms with E-state index in [1.54, 1.807) is 30.3 Å². The second kappa shape index (κ2) is 12.0. The first-order valence-corrected chi connectivity index (χ1v) is 16.0. The number of benzene rings is 3. The summed E-state index contributed by atoms with van der Waals surface area (Å²) in [6.07, 6.45) is 2.53.